The third kappa shape index (κ3) is 1.83. The minimum Gasteiger partial charge on any atom is -0.507 e. The lowest BCUT2D eigenvalue weighted by molar-refractivity contribution is 0.145. The Morgan fingerprint density at radius 2 is 2.23 bits per heavy atom. The van der Waals surface area contributed by atoms with Gasteiger partial charge in [-0.2, -0.15) is 0 Å². The fourth-order valence-corrected chi connectivity index (χ4v) is 1.01. The fourth-order valence-electron chi connectivity index (χ4n) is 1.01. The van der Waals surface area contributed by atoms with Crippen LogP contribution in [0.2, 0.25) is 0 Å². The predicted octanol–water partition coefficient (Wildman–Crippen LogP) is 0.477. The van der Waals surface area contributed by atoms with Gasteiger partial charge in [-0.25, -0.2) is 8.78 Å². The molecule has 6 heteroatoms. The summed E-state index contributed by atoms with van der Waals surface area (Å²) < 4.78 is 24.5. The van der Waals surface area contributed by atoms with Gasteiger partial charge in [-0.05, 0) is 0 Å². The van der Waals surface area contributed by atoms with Gasteiger partial charge in [-0.1, -0.05) is 0 Å². The minimum absolute atomic E-state index is 0.139. The molecule has 13 heavy (non-hydrogen) atoms. The average Bonchev–Trinajstić information content (AvgIpc) is 2.01. The quantitative estimate of drug-likeness (QED) is 0.634. The number of alkyl halides is 2. The summed E-state index contributed by atoms with van der Waals surface area (Å²) in [5, 5.41) is 9.02. The molecule has 4 nitrogen and oxygen atoms in total. The lowest BCUT2D eigenvalue weighted by Crippen LogP contribution is -2.14. The summed E-state index contributed by atoms with van der Waals surface area (Å²) in [6.45, 7) is -0.247. The van der Waals surface area contributed by atoms with Crippen molar-refractivity contribution >= 4 is 0 Å². The molecule has 1 rings (SSSR count). The van der Waals surface area contributed by atoms with Crippen LogP contribution in [-0.4, -0.2) is 10.1 Å². The number of hydrogen-bond acceptors (Lipinski definition) is 3. The molecule has 1 heterocycles. The highest BCUT2D eigenvalue weighted by Crippen LogP contribution is 2.28. The summed E-state index contributed by atoms with van der Waals surface area (Å²) in [5.74, 6) is -0.723. The Hall–Kier alpha value is -1.43. The highest BCUT2D eigenvalue weighted by atomic mass is 19.3. The van der Waals surface area contributed by atoms with Gasteiger partial charge in [0, 0.05) is 18.3 Å². The topological polar surface area (TPSA) is 79.1 Å². The van der Waals surface area contributed by atoms with Gasteiger partial charge in [-0.15, -0.1) is 0 Å². The summed E-state index contributed by atoms with van der Waals surface area (Å²) in [6, 6.07) is 0.695. The van der Waals surface area contributed by atoms with Crippen molar-refractivity contribution in [3.05, 3.63) is 27.7 Å². The van der Waals surface area contributed by atoms with E-state index in [0.717, 1.165) is 0 Å². The molecule has 1 aromatic heterocycles. The largest absolute Gasteiger partial charge is 0.507 e. The lowest BCUT2D eigenvalue weighted by atomic mass is 10.2. The van der Waals surface area contributed by atoms with Gasteiger partial charge < -0.3 is 15.8 Å². The number of rotatable bonds is 2. The summed E-state index contributed by atoms with van der Waals surface area (Å²) in [6.07, 6.45) is -2.85. The second-order valence-electron chi connectivity index (χ2n) is 2.42. The van der Waals surface area contributed by atoms with Gasteiger partial charge in [0.2, 0.25) is 0 Å². The molecule has 0 radical (unpaired) electrons. The van der Waals surface area contributed by atoms with E-state index in [9.17, 15) is 13.6 Å². The number of nitrogens with two attached hydrogens (primary N) is 1. The van der Waals surface area contributed by atoms with E-state index in [1.165, 1.54) is 0 Å². The van der Waals surface area contributed by atoms with E-state index >= 15 is 0 Å². The Balaban J connectivity index is 3.38. The molecule has 0 saturated heterocycles. The van der Waals surface area contributed by atoms with Gasteiger partial charge >= 0.3 is 0 Å². The van der Waals surface area contributed by atoms with Gasteiger partial charge in [0.15, 0.2) is 0 Å². The number of nitrogens with one attached hydrogen (secondary N) is 1. The fraction of sp³-hybridized carbons (Fsp3) is 0.286. The number of pyridine rings is 1. The Morgan fingerprint density at radius 1 is 1.62 bits per heavy atom. The molecular weight excluding hydrogens is 182 g/mol. The van der Waals surface area contributed by atoms with Crippen LogP contribution in [0.3, 0.4) is 0 Å². The monoisotopic (exact) mass is 190 g/mol. The van der Waals surface area contributed by atoms with Gasteiger partial charge in [-0.3, -0.25) is 4.79 Å². The standard InChI is InChI=1S/C7H8F2N2O2/c8-7(9)6-3(2-10)11-5(13)1-4(6)12/h1,7H,2,10H2,(H2,11,12,13). The smallest absolute Gasteiger partial charge is 0.269 e. The average molecular weight is 190 g/mol. The SMILES string of the molecule is NCc1[nH]c(=O)cc(O)c1C(F)F. The van der Waals surface area contributed by atoms with Crippen LogP contribution in [0.4, 0.5) is 8.78 Å². The maximum absolute atomic E-state index is 12.3. The van der Waals surface area contributed by atoms with E-state index in [0.29, 0.717) is 6.07 Å². The van der Waals surface area contributed by atoms with Crippen molar-refractivity contribution < 1.29 is 13.9 Å². The van der Waals surface area contributed by atoms with Crippen molar-refractivity contribution in [3.63, 3.8) is 0 Å². The first-order valence-corrected chi connectivity index (χ1v) is 3.49. The third-order valence-electron chi connectivity index (χ3n) is 1.57. The zero-order chi connectivity index (χ0) is 10.0. The first-order valence-electron chi connectivity index (χ1n) is 3.49. The normalized spacial score (nSPS) is 10.8. The maximum atomic E-state index is 12.3. The minimum atomic E-state index is -2.85. The predicted molar refractivity (Wildman–Crippen MR) is 41.6 cm³/mol. The van der Waals surface area contributed by atoms with Crippen molar-refractivity contribution in [2.45, 2.75) is 13.0 Å². The van der Waals surface area contributed by atoms with Gasteiger partial charge in [0.25, 0.3) is 12.0 Å². The first-order chi connectivity index (χ1) is 6.06. The molecule has 72 valence electrons. The van der Waals surface area contributed by atoms with Crippen molar-refractivity contribution in [1.82, 2.24) is 4.98 Å². The van der Waals surface area contributed by atoms with Crippen molar-refractivity contribution in [2.24, 2.45) is 5.73 Å². The van der Waals surface area contributed by atoms with Crippen LogP contribution in [0.25, 0.3) is 0 Å². The number of halogens is 2. The molecule has 0 atom stereocenters. The second kappa shape index (κ2) is 3.53. The van der Waals surface area contributed by atoms with E-state index in [1.54, 1.807) is 0 Å². The second-order valence-corrected chi connectivity index (χ2v) is 2.42. The van der Waals surface area contributed by atoms with Crippen molar-refractivity contribution in [1.29, 1.82) is 0 Å². The van der Waals surface area contributed by atoms with Crippen LogP contribution in [0, 0.1) is 0 Å². The number of hydrogen-bond donors (Lipinski definition) is 3. The summed E-state index contributed by atoms with van der Waals surface area (Å²) in [5.41, 5.74) is 3.71. The summed E-state index contributed by atoms with van der Waals surface area (Å²) in [7, 11) is 0. The molecule has 0 aliphatic carbocycles. The van der Waals surface area contributed by atoms with E-state index in [1.807, 2.05) is 0 Å². The Labute approximate surface area is 72.0 Å². The number of aromatic nitrogens is 1. The van der Waals surface area contributed by atoms with E-state index in [2.05, 4.69) is 4.98 Å². The Bertz CT molecular complexity index is 362. The number of H-pyrrole nitrogens is 1. The molecule has 0 aliphatic heterocycles. The molecule has 0 unspecified atom stereocenters. The first kappa shape index (κ1) is 9.66. The number of aromatic amines is 1. The highest BCUT2D eigenvalue weighted by Gasteiger charge is 2.18. The molecule has 0 saturated carbocycles. The molecular formula is C7H8F2N2O2. The molecule has 4 N–H and O–H groups in total. The van der Waals surface area contributed by atoms with Crippen LogP contribution in [0.15, 0.2) is 10.9 Å². The van der Waals surface area contributed by atoms with E-state index in [-0.39, 0.29) is 12.2 Å². The van der Waals surface area contributed by atoms with Gasteiger partial charge in [0.05, 0.1) is 5.56 Å². The molecule has 0 fully saturated rings. The zero-order valence-electron chi connectivity index (χ0n) is 6.55. The van der Waals surface area contributed by atoms with Crippen molar-refractivity contribution in [2.75, 3.05) is 0 Å². The molecule has 0 aliphatic rings. The van der Waals surface area contributed by atoms with Crippen molar-refractivity contribution in [3.8, 4) is 5.75 Å². The summed E-state index contributed by atoms with van der Waals surface area (Å²) in [4.78, 5) is 12.9. The molecule has 0 aromatic carbocycles. The zero-order valence-corrected chi connectivity index (χ0v) is 6.55. The summed E-state index contributed by atoms with van der Waals surface area (Å²) >= 11 is 0. The van der Waals surface area contributed by atoms with E-state index in [4.69, 9.17) is 10.8 Å². The highest BCUT2D eigenvalue weighted by molar-refractivity contribution is 5.35. The number of aromatic hydroxyl groups is 1. The molecule has 0 spiro atoms. The van der Waals surface area contributed by atoms with Crippen LogP contribution >= 0.6 is 0 Å². The Kier molecular flexibility index (Phi) is 2.62. The third-order valence-corrected chi connectivity index (χ3v) is 1.57. The van der Waals surface area contributed by atoms with Crippen LogP contribution in [0.5, 0.6) is 5.75 Å². The maximum Gasteiger partial charge on any atom is 0.269 e. The molecule has 0 amide bonds. The van der Waals surface area contributed by atoms with Crippen LogP contribution in [-0.2, 0) is 6.54 Å². The van der Waals surface area contributed by atoms with E-state index < -0.39 is 23.3 Å². The van der Waals surface area contributed by atoms with Crippen LogP contribution in [0.1, 0.15) is 17.7 Å². The van der Waals surface area contributed by atoms with Crippen LogP contribution < -0.4 is 11.3 Å². The van der Waals surface area contributed by atoms with Gasteiger partial charge in [0.1, 0.15) is 5.75 Å². The molecule has 1 aromatic rings. The Morgan fingerprint density at radius 3 is 2.69 bits per heavy atom. The lowest BCUT2D eigenvalue weighted by Gasteiger charge is -2.07. The molecule has 0 bridgehead atoms.